The molecule has 2 aromatic carbocycles. The zero-order valence-electron chi connectivity index (χ0n) is 15.0. The number of benzene rings is 2. The lowest BCUT2D eigenvalue weighted by atomic mass is 9.95. The predicted molar refractivity (Wildman–Crippen MR) is 98.3 cm³/mol. The van der Waals surface area contributed by atoms with Crippen LogP contribution in [0.3, 0.4) is 0 Å². The lowest BCUT2D eigenvalue weighted by molar-refractivity contribution is 0.0925. The first-order chi connectivity index (χ1) is 12.0. The molecule has 2 aromatic rings. The van der Waals surface area contributed by atoms with Crippen molar-refractivity contribution < 1.29 is 14.3 Å². The first-order valence-corrected chi connectivity index (χ1v) is 8.81. The molecule has 1 aliphatic heterocycles. The number of fused-ring (bicyclic) bond motifs is 1. The van der Waals surface area contributed by atoms with E-state index in [2.05, 4.69) is 19.2 Å². The van der Waals surface area contributed by atoms with Crippen molar-refractivity contribution in [3.63, 3.8) is 0 Å². The van der Waals surface area contributed by atoms with Gasteiger partial charge in [0.2, 0.25) is 0 Å². The van der Waals surface area contributed by atoms with Crippen LogP contribution in [0.15, 0.2) is 42.5 Å². The molecule has 1 aliphatic rings. The van der Waals surface area contributed by atoms with Crippen molar-refractivity contribution in [2.75, 3.05) is 13.2 Å². The van der Waals surface area contributed by atoms with Gasteiger partial charge >= 0.3 is 0 Å². The Bertz CT molecular complexity index is 737. The molecule has 0 fully saturated rings. The van der Waals surface area contributed by atoms with Crippen molar-refractivity contribution in [3.05, 3.63) is 59.2 Å². The Balaban J connectivity index is 1.82. The summed E-state index contributed by atoms with van der Waals surface area (Å²) < 4.78 is 11.5. The van der Waals surface area contributed by atoms with E-state index in [0.717, 1.165) is 29.0 Å². The minimum absolute atomic E-state index is 0.0641. The maximum absolute atomic E-state index is 12.6. The minimum Gasteiger partial charge on any atom is -0.490 e. The number of aryl methyl sites for hydroxylation is 1. The van der Waals surface area contributed by atoms with E-state index in [4.69, 9.17) is 9.47 Å². The van der Waals surface area contributed by atoms with Gasteiger partial charge in [-0.3, -0.25) is 4.79 Å². The molecule has 132 valence electrons. The molecule has 0 aliphatic carbocycles. The van der Waals surface area contributed by atoms with Crippen LogP contribution in [0.25, 0.3) is 0 Å². The van der Waals surface area contributed by atoms with Crippen LogP contribution in [0.1, 0.15) is 47.8 Å². The quantitative estimate of drug-likeness (QED) is 0.904. The number of amides is 1. The second kappa shape index (κ2) is 7.60. The lowest BCUT2D eigenvalue weighted by Gasteiger charge is -2.24. The molecule has 1 amide bonds. The third-order valence-corrected chi connectivity index (χ3v) is 4.40. The van der Waals surface area contributed by atoms with E-state index in [-0.39, 0.29) is 17.9 Å². The Labute approximate surface area is 149 Å². The SMILES string of the molecule is Cc1ccc(C(=O)N[C@@H](c2ccc3c(c2)OCCCO3)C(C)C)cc1. The average molecular weight is 339 g/mol. The molecule has 25 heavy (non-hydrogen) atoms. The molecule has 0 radical (unpaired) electrons. The van der Waals surface area contributed by atoms with E-state index in [1.54, 1.807) is 0 Å². The van der Waals surface area contributed by atoms with Crippen LogP contribution in [-0.2, 0) is 0 Å². The molecule has 4 heteroatoms. The smallest absolute Gasteiger partial charge is 0.251 e. The van der Waals surface area contributed by atoms with E-state index in [9.17, 15) is 4.79 Å². The van der Waals surface area contributed by atoms with Gasteiger partial charge in [0.1, 0.15) is 0 Å². The van der Waals surface area contributed by atoms with Crippen LogP contribution in [-0.4, -0.2) is 19.1 Å². The fourth-order valence-electron chi connectivity index (χ4n) is 2.94. The summed E-state index contributed by atoms with van der Waals surface area (Å²) in [5.41, 5.74) is 2.84. The zero-order valence-corrected chi connectivity index (χ0v) is 15.0. The van der Waals surface area contributed by atoms with E-state index in [0.29, 0.717) is 18.8 Å². The van der Waals surface area contributed by atoms with Crippen LogP contribution in [0.4, 0.5) is 0 Å². The Morgan fingerprint density at radius 2 is 1.68 bits per heavy atom. The number of rotatable bonds is 4. The number of carbonyl (C=O) groups is 1. The topological polar surface area (TPSA) is 47.6 Å². The molecular formula is C21H25NO3. The third-order valence-electron chi connectivity index (χ3n) is 4.40. The maximum Gasteiger partial charge on any atom is 0.251 e. The lowest BCUT2D eigenvalue weighted by Crippen LogP contribution is -2.31. The van der Waals surface area contributed by atoms with E-state index in [1.807, 2.05) is 49.4 Å². The Morgan fingerprint density at radius 1 is 1.00 bits per heavy atom. The molecule has 0 aromatic heterocycles. The van der Waals surface area contributed by atoms with E-state index in [1.165, 1.54) is 0 Å². The molecule has 0 spiro atoms. The summed E-state index contributed by atoms with van der Waals surface area (Å²) in [5, 5.41) is 3.16. The number of ether oxygens (including phenoxy) is 2. The number of hydrogen-bond acceptors (Lipinski definition) is 3. The molecule has 1 heterocycles. The van der Waals surface area contributed by atoms with Gasteiger partial charge in [0.25, 0.3) is 5.91 Å². The van der Waals surface area contributed by atoms with Gasteiger partial charge in [0, 0.05) is 12.0 Å². The molecule has 1 atom stereocenters. The van der Waals surface area contributed by atoms with Crippen molar-refractivity contribution in [1.29, 1.82) is 0 Å². The van der Waals surface area contributed by atoms with Gasteiger partial charge in [-0.25, -0.2) is 0 Å². The first-order valence-electron chi connectivity index (χ1n) is 8.81. The van der Waals surface area contributed by atoms with Gasteiger partial charge in [0.05, 0.1) is 19.3 Å². The summed E-state index contributed by atoms with van der Waals surface area (Å²) in [6.45, 7) is 7.53. The number of hydrogen-bond donors (Lipinski definition) is 1. The van der Waals surface area contributed by atoms with Gasteiger partial charge in [-0.05, 0) is 42.7 Å². The molecule has 4 nitrogen and oxygen atoms in total. The van der Waals surface area contributed by atoms with E-state index < -0.39 is 0 Å². The Hall–Kier alpha value is -2.49. The van der Waals surface area contributed by atoms with Crippen LogP contribution >= 0.6 is 0 Å². The molecular weight excluding hydrogens is 314 g/mol. The highest BCUT2D eigenvalue weighted by Crippen LogP contribution is 2.34. The maximum atomic E-state index is 12.6. The van der Waals surface area contributed by atoms with Gasteiger partial charge in [-0.1, -0.05) is 37.6 Å². The second-order valence-corrected chi connectivity index (χ2v) is 6.82. The Morgan fingerprint density at radius 3 is 2.36 bits per heavy atom. The van der Waals surface area contributed by atoms with E-state index >= 15 is 0 Å². The summed E-state index contributed by atoms with van der Waals surface area (Å²) in [4.78, 5) is 12.6. The average Bonchev–Trinajstić information content (AvgIpc) is 2.84. The van der Waals surface area contributed by atoms with Crippen LogP contribution in [0, 0.1) is 12.8 Å². The summed E-state index contributed by atoms with van der Waals surface area (Å²) in [6, 6.07) is 13.5. The highest BCUT2D eigenvalue weighted by Gasteiger charge is 2.21. The first kappa shape index (κ1) is 17.3. The molecule has 0 bridgehead atoms. The Kier molecular flexibility index (Phi) is 5.27. The van der Waals surface area contributed by atoms with Gasteiger partial charge in [-0.15, -0.1) is 0 Å². The monoisotopic (exact) mass is 339 g/mol. The van der Waals surface area contributed by atoms with Gasteiger partial charge in [-0.2, -0.15) is 0 Å². The minimum atomic E-state index is -0.0917. The molecule has 3 rings (SSSR count). The highest BCUT2D eigenvalue weighted by atomic mass is 16.5. The van der Waals surface area contributed by atoms with Crippen LogP contribution < -0.4 is 14.8 Å². The van der Waals surface area contributed by atoms with Gasteiger partial charge in [0.15, 0.2) is 11.5 Å². The summed E-state index contributed by atoms with van der Waals surface area (Å²) in [5.74, 6) is 1.71. The fraction of sp³-hybridized carbons (Fsp3) is 0.381. The highest BCUT2D eigenvalue weighted by molar-refractivity contribution is 5.94. The van der Waals surface area contributed by atoms with Gasteiger partial charge < -0.3 is 14.8 Å². The molecule has 0 saturated heterocycles. The standard InChI is InChI=1S/C21H25NO3/c1-14(2)20(22-21(23)16-7-5-15(3)6-8-16)17-9-10-18-19(13-17)25-12-4-11-24-18/h5-10,13-14,20H,4,11-12H2,1-3H3,(H,22,23)/t20-/m1/s1. The van der Waals surface area contributed by atoms with Crippen molar-refractivity contribution in [2.45, 2.75) is 33.2 Å². The molecule has 0 unspecified atom stereocenters. The van der Waals surface area contributed by atoms with Crippen LogP contribution in [0.5, 0.6) is 11.5 Å². The third kappa shape index (κ3) is 4.13. The summed E-state index contributed by atoms with van der Waals surface area (Å²) >= 11 is 0. The zero-order chi connectivity index (χ0) is 17.8. The van der Waals surface area contributed by atoms with Crippen molar-refractivity contribution in [2.24, 2.45) is 5.92 Å². The normalized spacial score (nSPS) is 14.7. The second-order valence-electron chi connectivity index (χ2n) is 6.82. The largest absolute Gasteiger partial charge is 0.490 e. The van der Waals surface area contributed by atoms with Crippen molar-refractivity contribution >= 4 is 5.91 Å². The molecule has 1 N–H and O–H groups in total. The van der Waals surface area contributed by atoms with Crippen molar-refractivity contribution in [1.82, 2.24) is 5.32 Å². The molecule has 0 saturated carbocycles. The summed E-state index contributed by atoms with van der Waals surface area (Å²) in [7, 11) is 0. The fourth-order valence-corrected chi connectivity index (χ4v) is 2.94. The predicted octanol–water partition coefficient (Wildman–Crippen LogP) is 4.28. The number of nitrogens with one attached hydrogen (secondary N) is 1. The number of carbonyl (C=O) groups excluding carboxylic acids is 1. The van der Waals surface area contributed by atoms with Crippen LogP contribution in [0.2, 0.25) is 0 Å². The van der Waals surface area contributed by atoms with Crippen molar-refractivity contribution in [3.8, 4) is 11.5 Å². The summed E-state index contributed by atoms with van der Waals surface area (Å²) in [6.07, 6.45) is 0.877.